The molecule has 2 rings (SSSR count). The summed E-state index contributed by atoms with van der Waals surface area (Å²) in [7, 11) is 0. The molecule has 4 nitrogen and oxygen atoms in total. The maximum atomic E-state index is 5.66. The minimum Gasteiger partial charge on any atom is -0.475 e. The Balaban J connectivity index is 2.36. The van der Waals surface area contributed by atoms with Crippen LogP contribution in [-0.2, 0) is 6.42 Å². The molecule has 20 heavy (non-hydrogen) atoms. The molecule has 0 saturated carbocycles. The first-order valence-corrected chi connectivity index (χ1v) is 7.07. The summed E-state index contributed by atoms with van der Waals surface area (Å²) in [6.45, 7) is 8.05. The Morgan fingerprint density at radius 2 is 1.95 bits per heavy atom. The molecular weight excluding hydrogens is 250 g/mol. The fourth-order valence-electron chi connectivity index (χ4n) is 1.96. The Labute approximate surface area is 120 Å². The molecule has 0 fully saturated rings. The summed E-state index contributed by atoms with van der Waals surface area (Å²) in [5.41, 5.74) is 2.75. The van der Waals surface area contributed by atoms with Gasteiger partial charge in [-0.3, -0.25) is 0 Å². The highest BCUT2D eigenvalue weighted by molar-refractivity contribution is 5.50. The van der Waals surface area contributed by atoms with Crippen molar-refractivity contribution in [2.45, 2.75) is 46.6 Å². The second-order valence-electron chi connectivity index (χ2n) is 5.10. The Hall–Kier alpha value is -1.97. The molecule has 0 aliphatic heterocycles. The van der Waals surface area contributed by atoms with Crippen LogP contribution in [0.1, 0.15) is 38.6 Å². The molecule has 0 aliphatic carbocycles. The summed E-state index contributed by atoms with van der Waals surface area (Å²) in [5, 5.41) is 0. The van der Waals surface area contributed by atoms with Crippen molar-refractivity contribution in [3.63, 3.8) is 0 Å². The largest absolute Gasteiger partial charge is 0.475 e. The maximum Gasteiger partial charge on any atom is 0.217 e. The van der Waals surface area contributed by atoms with Gasteiger partial charge in [-0.1, -0.05) is 19.4 Å². The van der Waals surface area contributed by atoms with Gasteiger partial charge in [-0.25, -0.2) is 9.97 Å². The van der Waals surface area contributed by atoms with Gasteiger partial charge in [0.2, 0.25) is 5.88 Å². The normalized spacial score (nSPS) is 10.8. The molecule has 0 unspecified atom stereocenters. The first kappa shape index (κ1) is 14.4. The van der Waals surface area contributed by atoms with Crippen LogP contribution < -0.4 is 4.74 Å². The number of aromatic nitrogens is 3. The molecule has 0 amide bonds. The average molecular weight is 271 g/mol. The molecule has 4 heteroatoms. The van der Waals surface area contributed by atoms with Crippen molar-refractivity contribution < 1.29 is 4.74 Å². The predicted octanol–water partition coefficient (Wildman–Crippen LogP) is 3.59. The lowest BCUT2D eigenvalue weighted by Crippen LogP contribution is -2.08. The van der Waals surface area contributed by atoms with Crippen molar-refractivity contribution >= 4 is 0 Å². The van der Waals surface area contributed by atoms with E-state index in [0.717, 1.165) is 29.9 Å². The summed E-state index contributed by atoms with van der Waals surface area (Å²) < 4.78 is 5.66. The number of ether oxygens (including phenoxy) is 1. The summed E-state index contributed by atoms with van der Waals surface area (Å²) in [4.78, 5) is 13.5. The van der Waals surface area contributed by atoms with E-state index in [4.69, 9.17) is 4.74 Å². The quantitative estimate of drug-likeness (QED) is 0.834. The number of hydrogen-bond donors (Lipinski definition) is 0. The number of pyridine rings is 1. The van der Waals surface area contributed by atoms with Gasteiger partial charge in [0, 0.05) is 17.5 Å². The molecule has 106 valence electrons. The van der Waals surface area contributed by atoms with Crippen LogP contribution in [0.2, 0.25) is 0 Å². The van der Waals surface area contributed by atoms with Crippen molar-refractivity contribution in [2.24, 2.45) is 0 Å². The lowest BCUT2D eigenvalue weighted by atomic mass is 10.2. The predicted molar refractivity (Wildman–Crippen MR) is 79.8 cm³/mol. The Morgan fingerprint density at radius 1 is 1.15 bits per heavy atom. The van der Waals surface area contributed by atoms with E-state index in [1.807, 2.05) is 45.0 Å². The number of aryl methyl sites for hydroxylation is 2. The third-order valence-electron chi connectivity index (χ3n) is 2.73. The van der Waals surface area contributed by atoms with Crippen LogP contribution in [0, 0.1) is 6.92 Å². The number of hydrogen-bond acceptors (Lipinski definition) is 4. The van der Waals surface area contributed by atoms with Crippen LogP contribution >= 0.6 is 0 Å². The molecule has 0 atom stereocenters. The Morgan fingerprint density at radius 3 is 2.65 bits per heavy atom. The first-order chi connectivity index (χ1) is 9.58. The standard InChI is InChI=1S/C16H21N3O/c1-5-7-13-8-6-9-14(18-13)16-17-12(4)10-15(19-16)20-11(2)3/h6,8-11H,5,7H2,1-4H3. The number of rotatable bonds is 5. The summed E-state index contributed by atoms with van der Waals surface area (Å²) in [5.74, 6) is 1.23. The van der Waals surface area contributed by atoms with Gasteiger partial charge in [-0.05, 0) is 39.3 Å². The molecule has 0 aliphatic rings. The average Bonchev–Trinajstić information content (AvgIpc) is 2.38. The highest BCUT2D eigenvalue weighted by Gasteiger charge is 2.09. The van der Waals surface area contributed by atoms with Gasteiger partial charge in [0.05, 0.1) is 6.10 Å². The van der Waals surface area contributed by atoms with Gasteiger partial charge < -0.3 is 4.74 Å². The van der Waals surface area contributed by atoms with Gasteiger partial charge in [0.25, 0.3) is 0 Å². The zero-order chi connectivity index (χ0) is 14.5. The zero-order valence-electron chi connectivity index (χ0n) is 12.6. The second-order valence-corrected chi connectivity index (χ2v) is 5.10. The van der Waals surface area contributed by atoms with E-state index in [9.17, 15) is 0 Å². The van der Waals surface area contributed by atoms with Crippen LogP contribution in [0.5, 0.6) is 5.88 Å². The summed E-state index contributed by atoms with van der Waals surface area (Å²) in [6.07, 6.45) is 2.14. The molecule has 0 spiro atoms. The van der Waals surface area contributed by atoms with Gasteiger partial charge in [0.1, 0.15) is 5.69 Å². The molecule has 0 aromatic carbocycles. The SMILES string of the molecule is CCCc1cccc(-c2nc(C)cc(OC(C)C)n2)n1. The van der Waals surface area contributed by atoms with E-state index in [1.165, 1.54) is 0 Å². The van der Waals surface area contributed by atoms with Gasteiger partial charge >= 0.3 is 0 Å². The molecular formula is C16H21N3O. The third-order valence-corrected chi connectivity index (χ3v) is 2.73. The molecule has 2 heterocycles. The maximum absolute atomic E-state index is 5.66. The molecule has 0 radical (unpaired) electrons. The first-order valence-electron chi connectivity index (χ1n) is 7.07. The number of nitrogens with zero attached hydrogens (tertiary/aromatic N) is 3. The molecule has 2 aromatic rings. The minimum absolute atomic E-state index is 0.0940. The van der Waals surface area contributed by atoms with Crippen LogP contribution in [0.4, 0.5) is 0 Å². The van der Waals surface area contributed by atoms with E-state index in [-0.39, 0.29) is 6.10 Å². The van der Waals surface area contributed by atoms with E-state index < -0.39 is 0 Å². The molecule has 0 saturated heterocycles. The Bertz CT molecular complexity index is 582. The second kappa shape index (κ2) is 6.46. The van der Waals surface area contributed by atoms with E-state index in [1.54, 1.807) is 0 Å². The highest BCUT2D eigenvalue weighted by atomic mass is 16.5. The molecule has 2 aromatic heterocycles. The molecule has 0 N–H and O–H groups in total. The van der Waals surface area contributed by atoms with E-state index in [0.29, 0.717) is 11.7 Å². The fourth-order valence-corrected chi connectivity index (χ4v) is 1.96. The van der Waals surface area contributed by atoms with Crippen molar-refractivity contribution in [3.8, 4) is 17.4 Å². The fraction of sp³-hybridized carbons (Fsp3) is 0.438. The zero-order valence-corrected chi connectivity index (χ0v) is 12.6. The van der Waals surface area contributed by atoms with Gasteiger partial charge in [-0.15, -0.1) is 0 Å². The lowest BCUT2D eigenvalue weighted by molar-refractivity contribution is 0.232. The van der Waals surface area contributed by atoms with E-state index in [2.05, 4.69) is 21.9 Å². The lowest BCUT2D eigenvalue weighted by Gasteiger charge is -2.10. The van der Waals surface area contributed by atoms with Crippen molar-refractivity contribution in [2.75, 3.05) is 0 Å². The van der Waals surface area contributed by atoms with Crippen molar-refractivity contribution in [1.29, 1.82) is 0 Å². The van der Waals surface area contributed by atoms with Gasteiger partial charge in [0.15, 0.2) is 5.82 Å². The van der Waals surface area contributed by atoms with Gasteiger partial charge in [-0.2, -0.15) is 4.98 Å². The Kier molecular flexibility index (Phi) is 4.66. The minimum atomic E-state index is 0.0940. The van der Waals surface area contributed by atoms with Crippen LogP contribution in [0.3, 0.4) is 0 Å². The highest BCUT2D eigenvalue weighted by Crippen LogP contribution is 2.18. The van der Waals surface area contributed by atoms with E-state index >= 15 is 0 Å². The summed E-state index contributed by atoms with van der Waals surface area (Å²) >= 11 is 0. The smallest absolute Gasteiger partial charge is 0.217 e. The third kappa shape index (κ3) is 3.76. The van der Waals surface area contributed by atoms with Crippen LogP contribution in [0.15, 0.2) is 24.3 Å². The van der Waals surface area contributed by atoms with Crippen LogP contribution in [0.25, 0.3) is 11.5 Å². The van der Waals surface area contributed by atoms with Crippen LogP contribution in [-0.4, -0.2) is 21.1 Å². The monoisotopic (exact) mass is 271 g/mol. The topological polar surface area (TPSA) is 47.9 Å². The van der Waals surface area contributed by atoms with Crippen molar-refractivity contribution in [3.05, 3.63) is 35.7 Å². The molecule has 0 bridgehead atoms. The summed E-state index contributed by atoms with van der Waals surface area (Å²) in [6, 6.07) is 7.82. The van der Waals surface area contributed by atoms with Crippen molar-refractivity contribution in [1.82, 2.24) is 15.0 Å².